The summed E-state index contributed by atoms with van der Waals surface area (Å²) in [5.41, 5.74) is 0.919. The van der Waals surface area contributed by atoms with Gasteiger partial charge in [-0.05, 0) is 17.9 Å². The van der Waals surface area contributed by atoms with E-state index in [4.69, 9.17) is 9.47 Å². The normalized spacial score (nSPS) is 21.6. The minimum atomic E-state index is -0.539. The molecule has 0 aromatic heterocycles. The van der Waals surface area contributed by atoms with Crippen molar-refractivity contribution in [1.82, 2.24) is 4.90 Å². The lowest BCUT2D eigenvalue weighted by molar-refractivity contribution is -0.146. The van der Waals surface area contributed by atoms with E-state index < -0.39 is 12.1 Å². The molecular formula is C15H19NO4. The number of hydrogen-bond acceptors (Lipinski definition) is 4. The largest absolute Gasteiger partial charge is 0.467 e. The first-order valence-electron chi connectivity index (χ1n) is 6.68. The van der Waals surface area contributed by atoms with E-state index in [2.05, 4.69) is 0 Å². The maximum atomic E-state index is 12.1. The smallest absolute Gasteiger partial charge is 0.410 e. The molecule has 1 aliphatic heterocycles. The summed E-state index contributed by atoms with van der Waals surface area (Å²) in [4.78, 5) is 25.3. The standard InChI is InChI=1S/C15H19NO4/c1-11-8-9-16(13(11)14(17)19-2)15(18)20-10-12-6-4-3-5-7-12/h3-7,11,13H,8-10H2,1-2H3/t11-,13-/m0/s1. The summed E-state index contributed by atoms with van der Waals surface area (Å²) in [6.07, 6.45) is 0.314. The van der Waals surface area contributed by atoms with Gasteiger partial charge in [-0.15, -0.1) is 0 Å². The SMILES string of the molecule is COC(=O)[C@@H]1[C@@H](C)CCN1C(=O)OCc1ccccc1. The van der Waals surface area contributed by atoms with Gasteiger partial charge in [-0.1, -0.05) is 37.3 Å². The average molecular weight is 277 g/mol. The predicted octanol–water partition coefficient (Wildman–Crippen LogP) is 2.21. The molecule has 0 spiro atoms. The van der Waals surface area contributed by atoms with Crippen LogP contribution in [0.3, 0.4) is 0 Å². The fourth-order valence-electron chi connectivity index (χ4n) is 2.43. The lowest BCUT2D eigenvalue weighted by Crippen LogP contribution is -2.43. The maximum absolute atomic E-state index is 12.1. The van der Waals surface area contributed by atoms with Crippen LogP contribution < -0.4 is 0 Å². The number of rotatable bonds is 3. The Bertz CT molecular complexity index is 474. The molecule has 1 aromatic rings. The van der Waals surface area contributed by atoms with E-state index in [0.29, 0.717) is 6.54 Å². The number of methoxy groups -OCH3 is 1. The van der Waals surface area contributed by atoms with Crippen LogP contribution in [-0.4, -0.2) is 36.7 Å². The van der Waals surface area contributed by atoms with E-state index >= 15 is 0 Å². The summed E-state index contributed by atoms with van der Waals surface area (Å²) in [5.74, 6) is -0.293. The van der Waals surface area contributed by atoms with Crippen LogP contribution in [-0.2, 0) is 20.9 Å². The van der Waals surface area contributed by atoms with Crippen LogP contribution >= 0.6 is 0 Å². The Morgan fingerprint density at radius 3 is 2.65 bits per heavy atom. The lowest BCUT2D eigenvalue weighted by Gasteiger charge is -2.24. The topological polar surface area (TPSA) is 55.8 Å². The van der Waals surface area contributed by atoms with Crippen LogP contribution in [0.5, 0.6) is 0 Å². The Morgan fingerprint density at radius 1 is 1.30 bits per heavy atom. The van der Waals surface area contributed by atoms with Crippen molar-refractivity contribution in [3.8, 4) is 0 Å². The number of amides is 1. The van der Waals surface area contributed by atoms with Crippen LogP contribution in [0.15, 0.2) is 30.3 Å². The third-order valence-electron chi connectivity index (χ3n) is 3.58. The number of ether oxygens (including phenoxy) is 2. The highest BCUT2D eigenvalue weighted by molar-refractivity contribution is 5.82. The van der Waals surface area contributed by atoms with E-state index in [1.807, 2.05) is 37.3 Å². The zero-order valence-corrected chi connectivity index (χ0v) is 11.7. The second-order valence-corrected chi connectivity index (χ2v) is 4.97. The van der Waals surface area contributed by atoms with Crippen LogP contribution in [0.2, 0.25) is 0 Å². The van der Waals surface area contributed by atoms with E-state index in [1.165, 1.54) is 12.0 Å². The van der Waals surface area contributed by atoms with Gasteiger partial charge in [0.1, 0.15) is 12.6 Å². The number of likely N-dealkylation sites (tertiary alicyclic amines) is 1. The first-order chi connectivity index (χ1) is 9.63. The molecule has 0 radical (unpaired) electrons. The maximum Gasteiger partial charge on any atom is 0.410 e. The number of nitrogens with zero attached hydrogens (tertiary/aromatic N) is 1. The van der Waals surface area contributed by atoms with Gasteiger partial charge in [-0.3, -0.25) is 4.90 Å². The molecule has 5 heteroatoms. The van der Waals surface area contributed by atoms with Crippen molar-refractivity contribution in [3.05, 3.63) is 35.9 Å². The van der Waals surface area contributed by atoms with E-state index in [0.717, 1.165) is 12.0 Å². The Labute approximate surface area is 118 Å². The van der Waals surface area contributed by atoms with Crippen LogP contribution in [0.1, 0.15) is 18.9 Å². The average Bonchev–Trinajstić information content (AvgIpc) is 2.87. The van der Waals surface area contributed by atoms with Gasteiger partial charge in [0, 0.05) is 6.54 Å². The van der Waals surface area contributed by atoms with Crippen molar-refractivity contribution in [1.29, 1.82) is 0 Å². The van der Waals surface area contributed by atoms with Gasteiger partial charge in [-0.2, -0.15) is 0 Å². The van der Waals surface area contributed by atoms with Gasteiger partial charge in [0.25, 0.3) is 0 Å². The summed E-state index contributed by atoms with van der Waals surface area (Å²) in [6.45, 7) is 2.67. The van der Waals surface area contributed by atoms with Gasteiger partial charge >= 0.3 is 12.1 Å². The monoisotopic (exact) mass is 277 g/mol. The van der Waals surface area contributed by atoms with Gasteiger partial charge < -0.3 is 9.47 Å². The summed E-state index contributed by atoms with van der Waals surface area (Å²) >= 11 is 0. The second-order valence-electron chi connectivity index (χ2n) is 4.97. The molecule has 0 bridgehead atoms. The zero-order valence-electron chi connectivity index (χ0n) is 11.7. The first kappa shape index (κ1) is 14.4. The number of carbonyl (C=O) groups is 2. The highest BCUT2D eigenvalue weighted by atomic mass is 16.6. The fourth-order valence-corrected chi connectivity index (χ4v) is 2.43. The van der Waals surface area contributed by atoms with Gasteiger partial charge in [0.2, 0.25) is 0 Å². The minimum absolute atomic E-state index is 0.0896. The van der Waals surface area contributed by atoms with E-state index in [1.54, 1.807) is 0 Å². The molecule has 0 saturated carbocycles. The number of carbonyl (C=O) groups excluding carboxylic acids is 2. The summed E-state index contributed by atoms with van der Waals surface area (Å²) in [6, 6.07) is 8.91. The molecule has 1 aromatic carbocycles. The molecule has 5 nitrogen and oxygen atoms in total. The van der Waals surface area contributed by atoms with Crippen LogP contribution in [0.4, 0.5) is 4.79 Å². The zero-order chi connectivity index (χ0) is 14.5. The van der Waals surface area contributed by atoms with Gasteiger partial charge in [-0.25, -0.2) is 9.59 Å². The molecule has 0 N–H and O–H groups in total. The second kappa shape index (κ2) is 6.41. The molecule has 1 heterocycles. The predicted molar refractivity (Wildman–Crippen MR) is 72.9 cm³/mol. The molecular weight excluding hydrogens is 258 g/mol. The highest BCUT2D eigenvalue weighted by Crippen LogP contribution is 2.25. The van der Waals surface area contributed by atoms with Gasteiger partial charge in [0.05, 0.1) is 7.11 Å². The molecule has 1 fully saturated rings. The summed E-state index contributed by atoms with van der Waals surface area (Å²) in [5, 5.41) is 0. The Kier molecular flexibility index (Phi) is 4.61. The molecule has 0 unspecified atom stereocenters. The van der Waals surface area contributed by atoms with E-state index in [-0.39, 0.29) is 18.5 Å². The molecule has 1 amide bonds. The Balaban J connectivity index is 1.96. The molecule has 1 aliphatic rings. The molecule has 0 aliphatic carbocycles. The third kappa shape index (κ3) is 3.10. The minimum Gasteiger partial charge on any atom is -0.467 e. The molecule has 108 valence electrons. The van der Waals surface area contributed by atoms with Crippen molar-refractivity contribution in [2.24, 2.45) is 5.92 Å². The quantitative estimate of drug-likeness (QED) is 0.795. The first-order valence-corrected chi connectivity index (χ1v) is 6.68. The van der Waals surface area contributed by atoms with Crippen molar-refractivity contribution >= 4 is 12.1 Å². The summed E-state index contributed by atoms with van der Waals surface area (Å²) in [7, 11) is 1.33. The molecule has 2 rings (SSSR count). The van der Waals surface area contributed by atoms with Crippen molar-refractivity contribution < 1.29 is 19.1 Å². The fraction of sp³-hybridized carbons (Fsp3) is 0.467. The highest BCUT2D eigenvalue weighted by Gasteiger charge is 2.41. The Hall–Kier alpha value is -2.04. The Morgan fingerprint density at radius 2 is 2.00 bits per heavy atom. The lowest BCUT2D eigenvalue weighted by atomic mass is 10.0. The van der Waals surface area contributed by atoms with E-state index in [9.17, 15) is 9.59 Å². The van der Waals surface area contributed by atoms with Gasteiger partial charge in [0.15, 0.2) is 0 Å². The number of hydrogen-bond donors (Lipinski definition) is 0. The number of esters is 1. The van der Waals surface area contributed by atoms with Crippen molar-refractivity contribution in [2.45, 2.75) is 26.0 Å². The molecule has 1 saturated heterocycles. The third-order valence-corrected chi connectivity index (χ3v) is 3.58. The van der Waals surface area contributed by atoms with Crippen molar-refractivity contribution in [3.63, 3.8) is 0 Å². The summed E-state index contributed by atoms with van der Waals surface area (Å²) < 4.78 is 10.0. The molecule has 20 heavy (non-hydrogen) atoms. The van der Waals surface area contributed by atoms with Crippen molar-refractivity contribution in [2.75, 3.05) is 13.7 Å². The number of benzene rings is 1. The van der Waals surface area contributed by atoms with Crippen LogP contribution in [0.25, 0.3) is 0 Å². The molecule has 2 atom stereocenters. The van der Waals surface area contributed by atoms with Crippen LogP contribution in [0, 0.1) is 5.92 Å².